The predicted octanol–water partition coefficient (Wildman–Crippen LogP) is 4.53. The second kappa shape index (κ2) is 9.53. The molecule has 0 atom stereocenters. The largest absolute Gasteiger partial charge is 0.439 e. The van der Waals surface area contributed by atoms with Gasteiger partial charge in [-0.2, -0.15) is 0 Å². The van der Waals surface area contributed by atoms with Crippen LogP contribution in [0.15, 0.2) is 88.1 Å². The Morgan fingerprint density at radius 3 is 2.29 bits per heavy atom. The maximum absolute atomic E-state index is 13.3. The van der Waals surface area contributed by atoms with E-state index in [4.69, 9.17) is 4.42 Å². The summed E-state index contributed by atoms with van der Waals surface area (Å²) in [7, 11) is 0. The van der Waals surface area contributed by atoms with Gasteiger partial charge in [-0.3, -0.25) is 19.8 Å². The van der Waals surface area contributed by atoms with Crippen molar-refractivity contribution in [3.8, 4) is 11.1 Å². The van der Waals surface area contributed by atoms with Gasteiger partial charge >= 0.3 is 0 Å². The summed E-state index contributed by atoms with van der Waals surface area (Å²) in [6, 6.07) is 25.1. The second-order valence-electron chi connectivity index (χ2n) is 8.64. The van der Waals surface area contributed by atoms with E-state index < -0.39 is 0 Å². The number of piperazine rings is 1. The molecule has 172 valence electrons. The molecule has 0 radical (unpaired) electrons. The van der Waals surface area contributed by atoms with Crippen LogP contribution in [0.2, 0.25) is 0 Å². The van der Waals surface area contributed by atoms with Crippen molar-refractivity contribution < 1.29 is 9.21 Å². The molecule has 0 unspecified atom stereocenters. The van der Waals surface area contributed by atoms with Crippen molar-refractivity contribution in [2.75, 3.05) is 42.9 Å². The number of para-hydroxylation sites is 2. The third-order valence-corrected chi connectivity index (χ3v) is 6.25. The first-order valence-electron chi connectivity index (χ1n) is 11.5. The minimum Gasteiger partial charge on any atom is -0.439 e. The number of anilines is 2. The van der Waals surface area contributed by atoms with E-state index in [0.717, 1.165) is 37.3 Å². The van der Waals surface area contributed by atoms with Gasteiger partial charge in [0.2, 0.25) is 17.2 Å². The highest BCUT2D eigenvalue weighted by Gasteiger charge is 2.22. The van der Waals surface area contributed by atoms with Crippen LogP contribution in [0.4, 0.5) is 11.6 Å². The molecule has 2 heterocycles. The topological polar surface area (TPSA) is 65.8 Å². The summed E-state index contributed by atoms with van der Waals surface area (Å²) < 4.78 is 6.03. The van der Waals surface area contributed by atoms with Crippen molar-refractivity contribution in [1.29, 1.82) is 0 Å². The van der Waals surface area contributed by atoms with Crippen molar-refractivity contribution >= 4 is 28.4 Å². The van der Waals surface area contributed by atoms with E-state index in [1.165, 1.54) is 5.69 Å². The molecule has 0 bridgehead atoms. The molecule has 4 aromatic rings. The van der Waals surface area contributed by atoms with Crippen LogP contribution in [0, 0.1) is 6.92 Å². The van der Waals surface area contributed by atoms with Crippen LogP contribution in [0.1, 0.15) is 5.56 Å². The highest BCUT2D eigenvalue weighted by atomic mass is 16.4. The van der Waals surface area contributed by atoms with E-state index in [2.05, 4.69) is 27.2 Å². The Kier molecular flexibility index (Phi) is 6.14. The quantitative estimate of drug-likeness (QED) is 0.481. The molecule has 5 rings (SSSR count). The number of fused-ring (bicyclic) bond motifs is 1. The van der Waals surface area contributed by atoms with Crippen LogP contribution >= 0.6 is 0 Å². The standard InChI is InChI=1S/C28H27N3O3/c1-20-11-13-21(14-12-20)26-27(33)23-9-5-6-10-24(23)34-28(26)29-25(32)19-30-15-17-31(18-16-30)22-7-3-2-4-8-22/h2-14H,15-19H2,1H3,(H,29,32). The lowest BCUT2D eigenvalue weighted by atomic mass is 10.0. The fourth-order valence-electron chi connectivity index (χ4n) is 4.38. The third-order valence-electron chi connectivity index (χ3n) is 6.25. The fourth-order valence-corrected chi connectivity index (χ4v) is 4.38. The molecule has 0 saturated carbocycles. The predicted molar refractivity (Wildman–Crippen MR) is 136 cm³/mol. The van der Waals surface area contributed by atoms with Crippen LogP contribution in [0.25, 0.3) is 22.1 Å². The Balaban J connectivity index is 1.35. The summed E-state index contributed by atoms with van der Waals surface area (Å²) >= 11 is 0. The summed E-state index contributed by atoms with van der Waals surface area (Å²) in [6.07, 6.45) is 0. The van der Waals surface area contributed by atoms with Crippen molar-refractivity contribution in [1.82, 2.24) is 4.90 Å². The summed E-state index contributed by atoms with van der Waals surface area (Å²) in [6.45, 7) is 5.52. The van der Waals surface area contributed by atoms with Crippen LogP contribution in [-0.4, -0.2) is 43.5 Å². The van der Waals surface area contributed by atoms with E-state index in [1.807, 2.05) is 61.5 Å². The van der Waals surface area contributed by atoms with Gasteiger partial charge in [0, 0.05) is 31.9 Å². The molecule has 6 heteroatoms. The highest BCUT2D eigenvalue weighted by Crippen LogP contribution is 2.29. The van der Waals surface area contributed by atoms with Gasteiger partial charge in [-0.15, -0.1) is 0 Å². The average molecular weight is 454 g/mol. The number of aryl methyl sites for hydroxylation is 1. The average Bonchev–Trinajstić information content (AvgIpc) is 2.86. The van der Waals surface area contributed by atoms with Crippen molar-refractivity contribution in [3.63, 3.8) is 0 Å². The van der Waals surface area contributed by atoms with E-state index in [1.54, 1.807) is 12.1 Å². The third kappa shape index (κ3) is 4.58. The number of hydrogen-bond donors (Lipinski definition) is 1. The van der Waals surface area contributed by atoms with Crippen molar-refractivity contribution in [3.05, 3.63) is 94.6 Å². The molecule has 6 nitrogen and oxygen atoms in total. The minimum atomic E-state index is -0.194. The minimum absolute atomic E-state index is 0.155. The van der Waals surface area contributed by atoms with Crippen molar-refractivity contribution in [2.24, 2.45) is 0 Å². The molecule has 1 fully saturated rings. The summed E-state index contributed by atoms with van der Waals surface area (Å²) in [5.41, 5.74) is 3.69. The van der Waals surface area contributed by atoms with Gasteiger partial charge in [-0.05, 0) is 36.8 Å². The van der Waals surface area contributed by atoms with Gasteiger partial charge in [0.15, 0.2) is 0 Å². The Labute approximate surface area is 198 Å². The van der Waals surface area contributed by atoms with Gasteiger partial charge in [0.25, 0.3) is 0 Å². The number of carbonyl (C=O) groups is 1. The summed E-state index contributed by atoms with van der Waals surface area (Å²) in [4.78, 5) is 30.8. The van der Waals surface area contributed by atoms with Gasteiger partial charge in [-0.1, -0.05) is 60.2 Å². The Hall–Kier alpha value is -3.90. The molecule has 1 saturated heterocycles. The maximum Gasteiger partial charge on any atom is 0.240 e. The van der Waals surface area contributed by atoms with Crippen LogP contribution in [-0.2, 0) is 4.79 Å². The zero-order valence-electron chi connectivity index (χ0n) is 19.2. The number of hydrogen-bond acceptors (Lipinski definition) is 5. The number of nitrogens with zero attached hydrogens (tertiary/aromatic N) is 2. The van der Waals surface area contributed by atoms with Gasteiger partial charge in [0.1, 0.15) is 5.58 Å². The van der Waals surface area contributed by atoms with E-state index in [-0.39, 0.29) is 23.8 Å². The summed E-state index contributed by atoms with van der Waals surface area (Å²) in [5, 5.41) is 3.38. The lowest BCUT2D eigenvalue weighted by Crippen LogP contribution is -2.48. The lowest BCUT2D eigenvalue weighted by Gasteiger charge is -2.35. The molecule has 1 amide bonds. The number of rotatable bonds is 5. The monoisotopic (exact) mass is 453 g/mol. The zero-order valence-corrected chi connectivity index (χ0v) is 19.2. The fraction of sp³-hybridized carbons (Fsp3) is 0.214. The first-order chi connectivity index (χ1) is 16.6. The zero-order chi connectivity index (χ0) is 23.5. The lowest BCUT2D eigenvalue weighted by molar-refractivity contribution is -0.117. The smallest absolute Gasteiger partial charge is 0.240 e. The van der Waals surface area contributed by atoms with Gasteiger partial charge in [0.05, 0.1) is 17.5 Å². The molecule has 34 heavy (non-hydrogen) atoms. The number of nitrogens with one attached hydrogen (secondary N) is 1. The van der Waals surface area contributed by atoms with Gasteiger partial charge < -0.3 is 9.32 Å². The Morgan fingerprint density at radius 1 is 0.882 bits per heavy atom. The van der Waals surface area contributed by atoms with E-state index in [9.17, 15) is 9.59 Å². The normalized spacial score (nSPS) is 14.3. The summed E-state index contributed by atoms with van der Waals surface area (Å²) in [5.74, 6) is 0.000397. The van der Waals surface area contributed by atoms with Crippen molar-refractivity contribution in [2.45, 2.75) is 6.92 Å². The number of benzene rings is 3. The van der Waals surface area contributed by atoms with Crippen LogP contribution in [0.5, 0.6) is 0 Å². The van der Waals surface area contributed by atoms with E-state index in [0.29, 0.717) is 16.5 Å². The molecular weight excluding hydrogens is 426 g/mol. The molecule has 0 spiro atoms. The molecule has 3 aromatic carbocycles. The molecule has 1 aliphatic rings. The number of amides is 1. The van der Waals surface area contributed by atoms with Crippen LogP contribution in [0.3, 0.4) is 0 Å². The number of carbonyl (C=O) groups excluding carboxylic acids is 1. The molecule has 1 aliphatic heterocycles. The molecule has 1 N–H and O–H groups in total. The first-order valence-corrected chi connectivity index (χ1v) is 11.5. The maximum atomic E-state index is 13.3. The highest BCUT2D eigenvalue weighted by molar-refractivity contribution is 5.97. The first kappa shape index (κ1) is 21.9. The molecule has 1 aromatic heterocycles. The van der Waals surface area contributed by atoms with Gasteiger partial charge in [-0.25, -0.2) is 0 Å². The SMILES string of the molecule is Cc1ccc(-c2c(NC(=O)CN3CCN(c4ccccc4)CC3)oc3ccccc3c2=O)cc1. The molecular formula is C28H27N3O3. The van der Waals surface area contributed by atoms with E-state index >= 15 is 0 Å². The Bertz CT molecular complexity index is 1360. The Morgan fingerprint density at radius 2 is 1.56 bits per heavy atom. The second-order valence-corrected chi connectivity index (χ2v) is 8.64. The van der Waals surface area contributed by atoms with Crippen LogP contribution < -0.4 is 15.6 Å². The molecule has 0 aliphatic carbocycles.